The van der Waals surface area contributed by atoms with Crippen LogP contribution in [0.4, 0.5) is 0 Å². The minimum Gasteiger partial charge on any atom is -0.394 e. The minimum atomic E-state index is -3.29. The number of aliphatic hydroxyl groups excluding tert-OH is 1. The Labute approximate surface area is 95.6 Å². The standard InChI is InChI=1S/C8H18N4O3S/c1-8(2,4-13)12-5-9-7(10-6-12)11-16(3,14)15/h13H,4-6H2,1-3H3,(H2,9,10,11). The monoisotopic (exact) mass is 250 g/mol. The van der Waals surface area contributed by atoms with Crippen LogP contribution in [0.3, 0.4) is 0 Å². The summed E-state index contributed by atoms with van der Waals surface area (Å²) in [6.07, 6.45) is 1.07. The molecule has 0 bridgehead atoms. The third-order valence-electron chi connectivity index (χ3n) is 2.36. The zero-order chi connectivity index (χ0) is 12.4. The van der Waals surface area contributed by atoms with Crippen molar-refractivity contribution in [3.8, 4) is 0 Å². The number of guanidine groups is 1. The molecule has 0 amide bonds. The Morgan fingerprint density at radius 1 is 1.62 bits per heavy atom. The van der Waals surface area contributed by atoms with Gasteiger partial charge in [-0.05, 0) is 13.8 Å². The second kappa shape index (κ2) is 4.56. The fourth-order valence-electron chi connectivity index (χ4n) is 1.18. The second-order valence-electron chi connectivity index (χ2n) is 4.37. The number of nitrogens with one attached hydrogen (secondary N) is 2. The Balaban J connectivity index is 2.62. The summed E-state index contributed by atoms with van der Waals surface area (Å²) in [5.41, 5.74) is -0.382. The van der Waals surface area contributed by atoms with Crippen LogP contribution in [0.1, 0.15) is 13.8 Å². The summed E-state index contributed by atoms with van der Waals surface area (Å²) in [4.78, 5) is 5.94. The van der Waals surface area contributed by atoms with Crippen molar-refractivity contribution < 1.29 is 13.5 Å². The van der Waals surface area contributed by atoms with Crippen molar-refractivity contribution in [2.24, 2.45) is 4.99 Å². The molecule has 1 rings (SSSR count). The number of aliphatic imine (C=N–C) groups is 1. The van der Waals surface area contributed by atoms with Crippen LogP contribution >= 0.6 is 0 Å². The van der Waals surface area contributed by atoms with E-state index in [0.717, 1.165) is 6.26 Å². The lowest BCUT2D eigenvalue weighted by Gasteiger charge is -2.38. The van der Waals surface area contributed by atoms with E-state index in [1.807, 2.05) is 18.7 Å². The van der Waals surface area contributed by atoms with E-state index in [9.17, 15) is 8.42 Å². The van der Waals surface area contributed by atoms with Gasteiger partial charge >= 0.3 is 0 Å². The summed E-state index contributed by atoms with van der Waals surface area (Å²) >= 11 is 0. The van der Waals surface area contributed by atoms with Crippen LogP contribution in [0.2, 0.25) is 0 Å². The third-order valence-corrected chi connectivity index (χ3v) is 2.93. The van der Waals surface area contributed by atoms with Crippen LogP contribution in [-0.4, -0.2) is 56.1 Å². The molecule has 94 valence electrons. The van der Waals surface area contributed by atoms with Crippen molar-refractivity contribution in [3.63, 3.8) is 0 Å². The van der Waals surface area contributed by atoms with Gasteiger partial charge in [0.1, 0.15) is 0 Å². The lowest BCUT2D eigenvalue weighted by atomic mass is 10.1. The van der Waals surface area contributed by atoms with Gasteiger partial charge in [-0.2, -0.15) is 0 Å². The molecule has 0 saturated heterocycles. The van der Waals surface area contributed by atoms with Gasteiger partial charge in [0.15, 0.2) is 0 Å². The van der Waals surface area contributed by atoms with E-state index < -0.39 is 10.0 Å². The van der Waals surface area contributed by atoms with Crippen LogP contribution in [0.25, 0.3) is 0 Å². The zero-order valence-corrected chi connectivity index (χ0v) is 10.5. The van der Waals surface area contributed by atoms with Crippen LogP contribution in [0.5, 0.6) is 0 Å². The molecular weight excluding hydrogens is 232 g/mol. The first kappa shape index (κ1) is 13.2. The molecule has 16 heavy (non-hydrogen) atoms. The van der Waals surface area contributed by atoms with Crippen molar-refractivity contribution in [3.05, 3.63) is 0 Å². The molecule has 0 unspecified atom stereocenters. The quantitative estimate of drug-likeness (QED) is 0.566. The number of aliphatic hydroxyl groups is 1. The van der Waals surface area contributed by atoms with Gasteiger partial charge in [0.2, 0.25) is 16.0 Å². The summed E-state index contributed by atoms with van der Waals surface area (Å²) in [6.45, 7) is 4.57. The molecule has 0 aromatic carbocycles. The number of hydrogen-bond donors (Lipinski definition) is 3. The predicted octanol–water partition coefficient (Wildman–Crippen LogP) is -1.52. The molecule has 7 nitrogen and oxygen atoms in total. The molecule has 1 aliphatic heterocycles. The number of nitrogens with zero attached hydrogens (tertiary/aromatic N) is 2. The first-order valence-electron chi connectivity index (χ1n) is 4.86. The van der Waals surface area contributed by atoms with E-state index in [0.29, 0.717) is 13.3 Å². The molecule has 0 aliphatic carbocycles. The number of sulfonamides is 1. The summed E-state index contributed by atoms with van der Waals surface area (Å²) in [5, 5.41) is 12.0. The van der Waals surface area contributed by atoms with Crippen LogP contribution in [0, 0.1) is 0 Å². The van der Waals surface area contributed by atoms with Gasteiger partial charge < -0.3 is 10.4 Å². The summed E-state index contributed by atoms with van der Waals surface area (Å²) in [7, 11) is -3.29. The molecular formula is C8H18N4O3S. The third kappa shape index (κ3) is 3.62. The first-order chi connectivity index (χ1) is 7.24. The molecule has 1 aliphatic rings. The van der Waals surface area contributed by atoms with Gasteiger partial charge in [-0.1, -0.05) is 0 Å². The Bertz CT molecular complexity index is 377. The maximum atomic E-state index is 10.9. The van der Waals surface area contributed by atoms with E-state index in [1.54, 1.807) is 0 Å². The molecule has 8 heteroatoms. The smallest absolute Gasteiger partial charge is 0.232 e. The Morgan fingerprint density at radius 3 is 2.62 bits per heavy atom. The molecule has 0 spiro atoms. The highest BCUT2D eigenvalue weighted by Crippen LogP contribution is 2.13. The van der Waals surface area contributed by atoms with E-state index in [1.165, 1.54) is 0 Å². The Morgan fingerprint density at radius 2 is 2.25 bits per heavy atom. The van der Waals surface area contributed by atoms with Crippen molar-refractivity contribution in [1.29, 1.82) is 0 Å². The van der Waals surface area contributed by atoms with Crippen LogP contribution in [0.15, 0.2) is 4.99 Å². The Hall–Kier alpha value is -0.860. The van der Waals surface area contributed by atoms with Crippen molar-refractivity contribution in [2.45, 2.75) is 19.4 Å². The van der Waals surface area contributed by atoms with Crippen LogP contribution in [-0.2, 0) is 10.0 Å². The normalized spacial score (nSPS) is 18.9. The average molecular weight is 250 g/mol. The molecule has 3 N–H and O–H groups in total. The highest BCUT2D eigenvalue weighted by molar-refractivity contribution is 7.89. The molecule has 0 radical (unpaired) electrons. The molecule has 0 aromatic rings. The molecule has 1 heterocycles. The zero-order valence-electron chi connectivity index (χ0n) is 9.69. The van der Waals surface area contributed by atoms with Crippen LogP contribution < -0.4 is 10.0 Å². The van der Waals surface area contributed by atoms with E-state index in [2.05, 4.69) is 15.0 Å². The summed E-state index contributed by atoms with van der Waals surface area (Å²) in [5.74, 6) is 0.243. The van der Waals surface area contributed by atoms with Crippen molar-refractivity contribution in [2.75, 3.05) is 26.2 Å². The van der Waals surface area contributed by atoms with Gasteiger partial charge in [-0.15, -0.1) is 0 Å². The summed E-state index contributed by atoms with van der Waals surface area (Å²) < 4.78 is 24.2. The first-order valence-corrected chi connectivity index (χ1v) is 6.76. The maximum Gasteiger partial charge on any atom is 0.232 e. The maximum absolute atomic E-state index is 10.9. The molecule has 0 fully saturated rings. The van der Waals surface area contributed by atoms with Gasteiger partial charge in [-0.3, -0.25) is 9.62 Å². The molecule has 0 saturated carbocycles. The fourth-order valence-corrected chi connectivity index (χ4v) is 1.67. The topological polar surface area (TPSA) is 94.0 Å². The van der Waals surface area contributed by atoms with Crippen molar-refractivity contribution in [1.82, 2.24) is 14.9 Å². The highest BCUT2D eigenvalue weighted by Gasteiger charge is 2.28. The van der Waals surface area contributed by atoms with Gasteiger partial charge in [0, 0.05) is 5.54 Å². The Kier molecular flexibility index (Phi) is 3.76. The highest BCUT2D eigenvalue weighted by atomic mass is 32.2. The molecule has 0 atom stereocenters. The number of hydrogen-bond acceptors (Lipinski definition) is 6. The predicted molar refractivity (Wildman–Crippen MR) is 61.3 cm³/mol. The molecule has 0 aromatic heterocycles. The van der Waals surface area contributed by atoms with Gasteiger partial charge in [0.05, 0.1) is 26.2 Å². The van der Waals surface area contributed by atoms with E-state index in [4.69, 9.17) is 5.11 Å². The average Bonchev–Trinajstić information content (AvgIpc) is 2.16. The SMILES string of the molecule is CC(C)(CO)N1CN=C(NS(C)(=O)=O)NC1. The lowest BCUT2D eigenvalue weighted by molar-refractivity contribution is 0.0528. The van der Waals surface area contributed by atoms with Crippen molar-refractivity contribution >= 4 is 16.0 Å². The van der Waals surface area contributed by atoms with Gasteiger partial charge in [0.25, 0.3) is 0 Å². The largest absolute Gasteiger partial charge is 0.394 e. The lowest BCUT2D eigenvalue weighted by Crippen LogP contribution is -2.57. The van der Waals surface area contributed by atoms with E-state index >= 15 is 0 Å². The van der Waals surface area contributed by atoms with E-state index in [-0.39, 0.29) is 18.1 Å². The summed E-state index contributed by atoms with van der Waals surface area (Å²) in [6, 6.07) is 0. The van der Waals surface area contributed by atoms with Gasteiger partial charge in [-0.25, -0.2) is 13.4 Å². The number of rotatable bonds is 3. The fraction of sp³-hybridized carbons (Fsp3) is 0.875. The minimum absolute atomic E-state index is 0.0129. The second-order valence-corrected chi connectivity index (χ2v) is 6.12.